The third-order valence-electron chi connectivity index (χ3n) is 3.42. The number of allylic oxidation sites excluding steroid dienone is 4. The number of benzene rings is 1. The molecule has 0 aliphatic rings. The van der Waals surface area contributed by atoms with Crippen molar-refractivity contribution in [3.05, 3.63) is 53.4 Å². The van der Waals surface area contributed by atoms with Crippen LogP contribution in [0.25, 0.3) is 0 Å². The monoisotopic (exact) mass is 466 g/mol. The van der Waals surface area contributed by atoms with E-state index in [-0.39, 0.29) is 12.2 Å². The van der Waals surface area contributed by atoms with Crippen molar-refractivity contribution >= 4 is 10.2 Å². The molecule has 0 unspecified atom stereocenters. The van der Waals surface area contributed by atoms with Crippen molar-refractivity contribution in [3.63, 3.8) is 0 Å². The maximum absolute atomic E-state index is 14.3. The fourth-order valence-corrected chi connectivity index (χ4v) is 3.49. The molecule has 168 valence electrons. The third kappa shape index (κ3) is 9.05. The molecule has 1 rings (SSSR count). The number of hydrogen-bond acceptors (Lipinski definition) is 0. The van der Waals surface area contributed by atoms with Gasteiger partial charge in [-0.05, 0) is 36.8 Å². The fraction of sp³-hybridized carbons (Fsp3) is 0.375. The molecule has 0 bridgehead atoms. The Balaban J connectivity index is 3.24. The first-order valence-electron chi connectivity index (χ1n) is 7.73. The van der Waals surface area contributed by atoms with E-state index in [9.17, 15) is 50.2 Å². The normalized spacial score (nSPS) is 16.4. The minimum absolute atomic E-state index is 0.238. The summed E-state index contributed by atoms with van der Waals surface area (Å²) in [4.78, 5) is -2.86. The summed E-state index contributed by atoms with van der Waals surface area (Å²) in [6.07, 6.45) is -12.1. The average molecular weight is 466 g/mol. The molecule has 0 heterocycles. The number of alkyl halides is 6. The van der Waals surface area contributed by atoms with Crippen LogP contribution in [0.1, 0.15) is 24.0 Å². The topological polar surface area (TPSA) is 0 Å². The first-order chi connectivity index (χ1) is 12.7. The van der Waals surface area contributed by atoms with E-state index >= 15 is 0 Å². The quantitative estimate of drug-likeness (QED) is 0.279. The number of aryl methyl sites for hydroxylation is 2. The van der Waals surface area contributed by atoms with Gasteiger partial charge in [0.2, 0.25) is 0 Å². The zero-order valence-electron chi connectivity index (χ0n) is 14.2. The SMILES string of the molecule is Fc1c(CC/C=C/C(F)(F)F)ccc(CC/C=C/C(F)(F)F)c1S(F)(F)(F)(F)F. The molecule has 0 radical (unpaired) electrons. The van der Waals surface area contributed by atoms with Gasteiger partial charge in [-0.2, -0.15) is 26.3 Å². The Morgan fingerprint density at radius 2 is 1.07 bits per heavy atom. The van der Waals surface area contributed by atoms with Gasteiger partial charge in [-0.3, -0.25) is 0 Å². The highest BCUT2D eigenvalue weighted by Crippen LogP contribution is 3.02. The van der Waals surface area contributed by atoms with Crippen LogP contribution in [-0.4, -0.2) is 12.4 Å². The van der Waals surface area contributed by atoms with Crippen molar-refractivity contribution in [1.82, 2.24) is 0 Å². The molecular formula is C16H14F12S. The van der Waals surface area contributed by atoms with E-state index in [0.717, 1.165) is 0 Å². The Labute approximate surface area is 157 Å². The average Bonchev–Trinajstić information content (AvgIpc) is 2.45. The van der Waals surface area contributed by atoms with Crippen LogP contribution in [0.4, 0.5) is 50.2 Å². The van der Waals surface area contributed by atoms with Gasteiger partial charge in [0.25, 0.3) is 0 Å². The van der Waals surface area contributed by atoms with E-state index in [1.165, 1.54) is 0 Å². The molecule has 0 N–H and O–H groups in total. The van der Waals surface area contributed by atoms with Gasteiger partial charge in [-0.1, -0.05) is 43.7 Å². The van der Waals surface area contributed by atoms with Gasteiger partial charge in [0.1, 0.15) is 10.7 Å². The van der Waals surface area contributed by atoms with Crippen LogP contribution in [0.5, 0.6) is 0 Å². The van der Waals surface area contributed by atoms with Crippen LogP contribution in [0.2, 0.25) is 0 Å². The van der Waals surface area contributed by atoms with Gasteiger partial charge in [-0.15, -0.1) is 0 Å². The lowest BCUT2D eigenvalue weighted by molar-refractivity contribution is -0.0810. The Morgan fingerprint density at radius 1 is 0.690 bits per heavy atom. The maximum Gasteiger partial charge on any atom is 0.409 e. The summed E-state index contributed by atoms with van der Waals surface area (Å²) in [5.74, 6) is -2.35. The highest BCUT2D eigenvalue weighted by atomic mass is 32.5. The van der Waals surface area contributed by atoms with Crippen LogP contribution in [0, 0.1) is 5.82 Å². The van der Waals surface area contributed by atoms with E-state index < -0.39 is 70.1 Å². The van der Waals surface area contributed by atoms with Crippen molar-refractivity contribution in [2.75, 3.05) is 0 Å². The molecule has 0 aromatic heterocycles. The smallest absolute Gasteiger partial charge is 0.205 e. The molecular weight excluding hydrogens is 452 g/mol. The molecule has 29 heavy (non-hydrogen) atoms. The number of hydrogen-bond donors (Lipinski definition) is 0. The minimum Gasteiger partial charge on any atom is -0.205 e. The van der Waals surface area contributed by atoms with Crippen molar-refractivity contribution < 1.29 is 50.2 Å². The molecule has 0 saturated heterocycles. The number of halogens is 12. The molecule has 0 spiro atoms. The molecule has 0 aliphatic carbocycles. The van der Waals surface area contributed by atoms with Gasteiger partial charge < -0.3 is 0 Å². The summed E-state index contributed by atoms with van der Waals surface area (Å²) < 4.78 is 153. The Hall–Kier alpha value is -1.79. The first-order valence-corrected chi connectivity index (χ1v) is 9.68. The third-order valence-corrected chi connectivity index (χ3v) is 4.63. The second kappa shape index (κ2) is 7.47. The second-order valence-corrected chi connectivity index (χ2v) is 8.31. The molecule has 0 nitrogen and oxygen atoms in total. The van der Waals surface area contributed by atoms with Crippen molar-refractivity contribution in [2.24, 2.45) is 0 Å². The molecule has 0 saturated carbocycles. The van der Waals surface area contributed by atoms with Gasteiger partial charge in [0.15, 0.2) is 0 Å². The molecule has 13 heteroatoms. The summed E-state index contributed by atoms with van der Waals surface area (Å²) in [6.45, 7) is 0. The summed E-state index contributed by atoms with van der Waals surface area (Å²) in [5.41, 5.74) is -2.14. The van der Waals surface area contributed by atoms with Crippen LogP contribution in [-0.2, 0) is 12.8 Å². The standard InChI is InChI=1S/C16H14F12S/c17-13-11(5-1-3-9-15(18,19)20)7-8-12(6-2-4-10-16(21,22)23)14(13)29(24,25,26,27)28/h3-4,7-10H,1-2,5-6H2/b9-3+,10-4+. The highest BCUT2D eigenvalue weighted by Gasteiger charge is 2.68. The molecule has 1 aromatic carbocycles. The van der Waals surface area contributed by atoms with Crippen molar-refractivity contribution in [2.45, 2.75) is 42.9 Å². The van der Waals surface area contributed by atoms with Crippen molar-refractivity contribution in [1.29, 1.82) is 0 Å². The number of rotatable bonds is 7. The van der Waals surface area contributed by atoms with Crippen LogP contribution < -0.4 is 0 Å². The summed E-state index contributed by atoms with van der Waals surface area (Å²) >= 11 is 0. The van der Waals surface area contributed by atoms with E-state index in [1.807, 2.05) is 0 Å². The van der Waals surface area contributed by atoms with Crippen molar-refractivity contribution in [3.8, 4) is 0 Å². The lowest BCUT2D eigenvalue weighted by Gasteiger charge is -2.42. The van der Waals surface area contributed by atoms with Crippen LogP contribution in [0.15, 0.2) is 41.3 Å². The molecule has 0 fully saturated rings. The molecule has 0 atom stereocenters. The summed E-state index contributed by atoms with van der Waals surface area (Å²) in [5, 5.41) is 0. The maximum atomic E-state index is 14.3. The largest absolute Gasteiger partial charge is 0.409 e. The van der Waals surface area contributed by atoms with Gasteiger partial charge in [0.05, 0.1) is 0 Å². The van der Waals surface area contributed by atoms with E-state index in [2.05, 4.69) is 0 Å². The molecule has 0 aliphatic heterocycles. The van der Waals surface area contributed by atoms with Gasteiger partial charge >= 0.3 is 22.6 Å². The first kappa shape index (κ1) is 25.2. The predicted molar refractivity (Wildman–Crippen MR) is 84.8 cm³/mol. The fourth-order valence-electron chi connectivity index (χ4n) is 2.36. The lowest BCUT2D eigenvalue weighted by atomic mass is 10.0. The minimum atomic E-state index is -10.6. The zero-order chi connectivity index (χ0) is 22.8. The zero-order valence-corrected chi connectivity index (χ0v) is 15.1. The summed E-state index contributed by atoms with van der Waals surface area (Å²) in [6, 6.07) is 1.17. The summed E-state index contributed by atoms with van der Waals surface area (Å²) in [7, 11) is -10.6. The Kier molecular flexibility index (Phi) is 6.51. The predicted octanol–water partition coefficient (Wildman–Crippen LogP) is 8.59. The molecule has 0 amide bonds. The van der Waals surface area contributed by atoms with Gasteiger partial charge in [0, 0.05) is 12.2 Å². The van der Waals surface area contributed by atoms with Crippen LogP contribution >= 0.6 is 10.2 Å². The lowest BCUT2D eigenvalue weighted by Crippen LogP contribution is -2.14. The van der Waals surface area contributed by atoms with E-state index in [1.54, 1.807) is 0 Å². The van der Waals surface area contributed by atoms with E-state index in [4.69, 9.17) is 0 Å². The van der Waals surface area contributed by atoms with Gasteiger partial charge in [-0.25, -0.2) is 4.39 Å². The Bertz CT molecular complexity index is 782. The van der Waals surface area contributed by atoms with Crippen LogP contribution in [0.3, 0.4) is 0 Å². The second-order valence-electron chi connectivity index (χ2n) is 5.96. The van der Waals surface area contributed by atoms with E-state index in [0.29, 0.717) is 24.3 Å². The Morgan fingerprint density at radius 3 is 1.45 bits per heavy atom. The highest BCUT2D eigenvalue weighted by molar-refractivity contribution is 8.45. The molecule has 1 aromatic rings.